The van der Waals surface area contributed by atoms with Gasteiger partial charge in [0.2, 0.25) is 0 Å². The van der Waals surface area contributed by atoms with Crippen molar-refractivity contribution in [3.63, 3.8) is 0 Å². The molecule has 1 aromatic rings. The molecule has 1 fully saturated rings. The first-order valence-electron chi connectivity index (χ1n) is 7.58. The summed E-state index contributed by atoms with van der Waals surface area (Å²) in [6.07, 6.45) is 1.01. The third kappa shape index (κ3) is 3.89. The van der Waals surface area contributed by atoms with Crippen molar-refractivity contribution in [1.29, 1.82) is 0 Å². The highest BCUT2D eigenvalue weighted by atomic mass is 16.5. The summed E-state index contributed by atoms with van der Waals surface area (Å²) in [5, 5.41) is 3.50. The molecule has 0 aromatic heterocycles. The number of benzene rings is 1. The largest absolute Gasteiger partial charge is 0.497 e. The first kappa shape index (κ1) is 16.1. The Morgan fingerprint density at radius 3 is 2.71 bits per heavy atom. The molecule has 21 heavy (non-hydrogen) atoms. The van der Waals surface area contributed by atoms with Crippen LogP contribution >= 0.6 is 0 Å². The lowest BCUT2D eigenvalue weighted by atomic mass is 9.91. The van der Waals surface area contributed by atoms with Crippen molar-refractivity contribution in [1.82, 2.24) is 5.32 Å². The average Bonchev–Trinajstić information content (AvgIpc) is 2.45. The van der Waals surface area contributed by atoms with Crippen LogP contribution in [0.3, 0.4) is 0 Å². The van der Waals surface area contributed by atoms with Crippen LogP contribution in [0.15, 0.2) is 18.2 Å². The molecule has 118 valence electrons. The molecule has 1 saturated heterocycles. The molecule has 0 radical (unpaired) electrons. The van der Waals surface area contributed by atoms with Gasteiger partial charge in [0.25, 0.3) is 0 Å². The summed E-state index contributed by atoms with van der Waals surface area (Å²) < 4.78 is 17.2. The smallest absolute Gasteiger partial charge is 0.124 e. The molecule has 0 aliphatic carbocycles. The highest BCUT2D eigenvalue weighted by molar-refractivity contribution is 5.42. The van der Waals surface area contributed by atoms with E-state index in [1.54, 1.807) is 14.2 Å². The van der Waals surface area contributed by atoms with Gasteiger partial charge in [-0.25, -0.2) is 0 Å². The second-order valence-corrected chi connectivity index (χ2v) is 6.39. The molecule has 2 atom stereocenters. The Morgan fingerprint density at radius 1 is 1.33 bits per heavy atom. The third-order valence-electron chi connectivity index (χ3n) is 3.88. The van der Waals surface area contributed by atoms with Crippen LogP contribution < -0.4 is 14.8 Å². The Labute approximate surface area is 127 Å². The number of morpholine rings is 1. The second-order valence-electron chi connectivity index (χ2n) is 6.39. The number of hydrogen-bond donors (Lipinski definition) is 1. The Balaban J connectivity index is 2.24. The molecule has 0 bridgehead atoms. The summed E-state index contributed by atoms with van der Waals surface area (Å²) in [4.78, 5) is 0. The summed E-state index contributed by atoms with van der Waals surface area (Å²) in [7, 11) is 3.36. The number of rotatable bonds is 5. The van der Waals surface area contributed by atoms with Gasteiger partial charge in [-0.1, -0.05) is 13.8 Å². The van der Waals surface area contributed by atoms with Crippen molar-refractivity contribution in [2.45, 2.75) is 38.9 Å². The fraction of sp³-hybridized carbons (Fsp3) is 0.647. The fourth-order valence-electron chi connectivity index (χ4n) is 3.14. The average molecular weight is 293 g/mol. The summed E-state index contributed by atoms with van der Waals surface area (Å²) >= 11 is 0. The Bertz CT molecular complexity index is 475. The summed E-state index contributed by atoms with van der Waals surface area (Å²) in [6.45, 7) is 8.30. The Hall–Kier alpha value is -1.26. The molecule has 4 heteroatoms. The van der Waals surface area contributed by atoms with Crippen LogP contribution in [0.25, 0.3) is 0 Å². The van der Waals surface area contributed by atoms with Crippen molar-refractivity contribution in [3.05, 3.63) is 23.8 Å². The van der Waals surface area contributed by atoms with Crippen molar-refractivity contribution in [2.24, 2.45) is 5.92 Å². The molecule has 1 aromatic carbocycles. The lowest BCUT2D eigenvalue weighted by Crippen LogP contribution is -2.49. The Morgan fingerprint density at radius 2 is 2.10 bits per heavy atom. The molecule has 0 amide bonds. The van der Waals surface area contributed by atoms with E-state index >= 15 is 0 Å². The number of ether oxygens (including phenoxy) is 3. The molecule has 2 unspecified atom stereocenters. The van der Waals surface area contributed by atoms with Gasteiger partial charge in [-0.05, 0) is 37.5 Å². The quantitative estimate of drug-likeness (QED) is 0.905. The van der Waals surface area contributed by atoms with E-state index in [2.05, 4.69) is 26.1 Å². The zero-order valence-electron chi connectivity index (χ0n) is 13.7. The lowest BCUT2D eigenvalue weighted by molar-refractivity contribution is -0.117. The maximum absolute atomic E-state index is 6.41. The van der Waals surface area contributed by atoms with Crippen LogP contribution in [-0.2, 0) is 4.74 Å². The maximum atomic E-state index is 6.41. The van der Waals surface area contributed by atoms with Gasteiger partial charge in [-0.3, -0.25) is 0 Å². The molecule has 0 spiro atoms. The second kappa shape index (κ2) is 6.67. The Kier molecular flexibility index (Phi) is 5.12. The van der Waals surface area contributed by atoms with E-state index in [9.17, 15) is 0 Å². The summed E-state index contributed by atoms with van der Waals surface area (Å²) in [5.41, 5.74) is 0.893. The van der Waals surface area contributed by atoms with Crippen molar-refractivity contribution < 1.29 is 14.2 Å². The van der Waals surface area contributed by atoms with Crippen molar-refractivity contribution in [3.8, 4) is 11.5 Å². The topological polar surface area (TPSA) is 39.7 Å². The molecular formula is C17H27NO3. The van der Waals surface area contributed by atoms with E-state index in [4.69, 9.17) is 14.2 Å². The van der Waals surface area contributed by atoms with Gasteiger partial charge in [-0.2, -0.15) is 0 Å². The zero-order valence-corrected chi connectivity index (χ0v) is 13.7. The normalized spacial score (nSPS) is 25.9. The van der Waals surface area contributed by atoms with Crippen LogP contribution in [-0.4, -0.2) is 32.9 Å². The molecular weight excluding hydrogens is 266 g/mol. The fourth-order valence-corrected chi connectivity index (χ4v) is 3.14. The van der Waals surface area contributed by atoms with E-state index in [0.29, 0.717) is 5.92 Å². The van der Waals surface area contributed by atoms with Crippen LogP contribution in [0.5, 0.6) is 11.5 Å². The zero-order chi connectivity index (χ0) is 15.5. The van der Waals surface area contributed by atoms with Gasteiger partial charge < -0.3 is 19.5 Å². The number of hydrogen-bond acceptors (Lipinski definition) is 4. The molecule has 0 saturated carbocycles. The van der Waals surface area contributed by atoms with Crippen molar-refractivity contribution >= 4 is 0 Å². The molecule has 2 rings (SSSR count). The van der Waals surface area contributed by atoms with Gasteiger partial charge in [-0.15, -0.1) is 0 Å². The van der Waals surface area contributed by atoms with Crippen LogP contribution in [0.1, 0.15) is 38.9 Å². The van der Waals surface area contributed by atoms with Crippen LogP contribution in [0.4, 0.5) is 0 Å². The monoisotopic (exact) mass is 293 g/mol. The van der Waals surface area contributed by atoms with Crippen LogP contribution in [0, 0.1) is 5.92 Å². The van der Waals surface area contributed by atoms with Gasteiger partial charge in [0.05, 0.1) is 25.9 Å². The minimum absolute atomic E-state index is 0.0208. The number of nitrogens with one attached hydrogen (secondary N) is 1. The molecule has 1 aliphatic heterocycles. The number of methoxy groups -OCH3 is 2. The molecule has 1 N–H and O–H groups in total. The van der Waals surface area contributed by atoms with E-state index in [1.165, 1.54) is 0 Å². The highest BCUT2D eigenvalue weighted by Gasteiger charge is 2.35. The SMILES string of the molecule is COc1ccc(OC)c(C2CNCC(C)(CC(C)C)O2)c1. The van der Waals surface area contributed by atoms with Crippen molar-refractivity contribution in [2.75, 3.05) is 27.3 Å². The standard InChI is InChI=1S/C17H27NO3/c1-12(2)9-17(3)11-18-10-16(21-17)14-8-13(19-4)6-7-15(14)20-5/h6-8,12,16,18H,9-11H2,1-5H3. The summed E-state index contributed by atoms with van der Waals surface area (Å²) in [6, 6.07) is 5.85. The predicted molar refractivity (Wildman–Crippen MR) is 84.1 cm³/mol. The predicted octanol–water partition coefficient (Wildman–Crippen LogP) is 3.17. The van der Waals surface area contributed by atoms with Gasteiger partial charge >= 0.3 is 0 Å². The third-order valence-corrected chi connectivity index (χ3v) is 3.88. The summed E-state index contributed by atoms with van der Waals surface area (Å²) in [5.74, 6) is 2.27. The lowest BCUT2D eigenvalue weighted by Gasteiger charge is -2.41. The first-order chi connectivity index (χ1) is 9.97. The first-order valence-corrected chi connectivity index (χ1v) is 7.58. The minimum atomic E-state index is -0.148. The minimum Gasteiger partial charge on any atom is -0.497 e. The van der Waals surface area contributed by atoms with Gasteiger partial charge in [0.15, 0.2) is 0 Å². The van der Waals surface area contributed by atoms with E-state index in [-0.39, 0.29) is 11.7 Å². The van der Waals surface area contributed by atoms with Gasteiger partial charge in [0.1, 0.15) is 11.5 Å². The molecule has 4 nitrogen and oxygen atoms in total. The highest BCUT2D eigenvalue weighted by Crippen LogP contribution is 2.37. The van der Waals surface area contributed by atoms with Crippen LogP contribution in [0.2, 0.25) is 0 Å². The van der Waals surface area contributed by atoms with Gasteiger partial charge in [0, 0.05) is 18.7 Å². The maximum Gasteiger partial charge on any atom is 0.124 e. The van der Waals surface area contributed by atoms with E-state index in [1.807, 2.05) is 18.2 Å². The molecule has 1 aliphatic rings. The van der Waals surface area contributed by atoms with E-state index in [0.717, 1.165) is 36.6 Å². The van der Waals surface area contributed by atoms with E-state index < -0.39 is 0 Å². The molecule has 1 heterocycles.